The molecule has 0 spiro atoms. The van der Waals surface area contributed by atoms with Crippen molar-refractivity contribution in [2.24, 2.45) is 23.7 Å². The summed E-state index contributed by atoms with van der Waals surface area (Å²) >= 11 is 0. The van der Waals surface area contributed by atoms with Crippen LogP contribution in [0.25, 0.3) is 5.57 Å². The molecule has 2 amide bonds. The molecule has 2 aromatic carbocycles. The van der Waals surface area contributed by atoms with Gasteiger partial charge in [0.25, 0.3) is 5.69 Å². The Balaban J connectivity index is 1.52. The molecular formula is C22H15F3N2O4. The molecule has 4 atom stereocenters. The number of halogens is 3. The zero-order valence-electron chi connectivity index (χ0n) is 15.9. The van der Waals surface area contributed by atoms with Crippen LogP contribution in [-0.4, -0.2) is 16.7 Å². The van der Waals surface area contributed by atoms with Crippen LogP contribution in [0.2, 0.25) is 0 Å². The summed E-state index contributed by atoms with van der Waals surface area (Å²) < 4.78 is 40.1. The van der Waals surface area contributed by atoms with Crippen LogP contribution in [0.1, 0.15) is 17.5 Å². The number of amides is 2. The lowest BCUT2D eigenvalue weighted by Gasteiger charge is -2.22. The van der Waals surface area contributed by atoms with E-state index < -0.39 is 46.0 Å². The zero-order valence-corrected chi connectivity index (χ0v) is 15.9. The molecule has 9 heteroatoms. The predicted molar refractivity (Wildman–Crippen MR) is 104 cm³/mol. The minimum absolute atomic E-state index is 0.160. The predicted octanol–water partition coefficient (Wildman–Crippen LogP) is 4.45. The fourth-order valence-corrected chi connectivity index (χ4v) is 5.26. The average Bonchev–Trinajstić information content (AvgIpc) is 3.39. The second-order valence-corrected chi connectivity index (χ2v) is 8.01. The molecule has 1 saturated carbocycles. The van der Waals surface area contributed by atoms with Crippen molar-refractivity contribution >= 4 is 28.8 Å². The van der Waals surface area contributed by atoms with E-state index in [2.05, 4.69) is 0 Å². The van der Waals surface area contributed by atoms with Crippen LogP contribution in [0.5, 0.6) is 0 Å². The summed E-state index contributed by atoms with van der Waals surface area (Å²) in [5.41, 5.74) is -0.957. The van der Waals surface area contributed by atoms with E-state index in [-0.39, 0.29) is 17.5 Å². The number of anilines is 1. The molecule has 5 rings (SSSR count). The van der Waals surface area contributed by atoms with Gasteiger partial charge in [0.2, 0.25) is 11.8 Å². The largest absolute Gasteiger partial charge is 0.423 e. The van der Waals surface area contributed by atoms with Gasteiger partial charge in [0, 0.05) is 6.07 Å². The van der Waals surface area contributed by atoms with Gasteiger partial charge in [-0.25, -0.2) is 4.90 Å². The monoisotopic (exact) mass is 428 g/mol. The van der Waals surface area contributed by atoms with Crippen LogP contribution in [0.3, 0.4) is 0 Å². The minimum Gasteiger partial charge on any atom is -0.274 e. The van der Waals surface area contributed by atoms with E-state index in [1.807, 2.05) is 36.4 Å². The van der Waals surface area contributed by atoms with Crippen molar-refractivity contribution in [3.8, 4) is 0 Å². The maximum Gasteiger partial charge on any atom is 0.423 e. The highest BCUT2D eigenvalue weighted by molar-refractivity contribution is 6.23. The van der Waals surface area contributed by atoms with Gasteiger partial charge in [0.05, 0.1) is 22.4 Å². The van der Waals surface area contributed by atoms with E-state index in [0.717, 1.165) is 22.1 Å². The summed E-state index contributed by atoms with van der Waals surface area (Å²) in [6.07, 6.45) is -2.35. The number of nitro groups is 1. The van der Waals surface area contributed by atoms with Crippen LogP contribution in [0.4, 0.5) is 24.5 Å². The lowest BCUT2D eigenvalue weighted by Crippen LogP contribution is -2.33. The van der Waals surface area contributed by atoms with Gasteiger partial charge in [-0.2, -0.15) is 13.2 Å². The Bertz CT molecular complexity index is 1160. The second kappa shape index (κ2) is 6.50. The van der Waals surface area contributed by atoms with Crippen molar-refractivity contribution in [3.05, 3.63) is 75.8 Å². The van der Waals surface area contributed by atoms with E-state index >= 15 is 0 Å². The fraction of sp³-hybridized carbons (Fsp3) is 0.273. The summed E-state index contributed by atoms with van der Waals surface area (Å²) in [5, 5.41) is 11.0. The first-order valence-corrected chi connectivity index (χ1v) is 9.69. The molecule has 2 bridgehead atoms. The van der Waals surface area contributed by atoms with E-state index in [1.54, 1.807) is 0 Å². The van der Waals surface area contributed by atoms with Gasteiger partial charge in [0.15, 0.2) is 0 Å². The number of nitrogens with zero attached hydrogens (tertiary/aromatic N) is 2. The summed E-state index contributed by atoms with van der Waals surface area (Å²) in [5.74, 6) is -2.69. The number of nitro benzene ring substituents is 1. The molecule has 2 fully saturated rings. The number of allylic oxidation sites excluding steroid dienone is 2. The van der Waals surface area contributed by atoms with Gasteiger partial charge in [-0.1, -0.05) is 36.4 Å². The van der Waals surface area contributed by atoms with Crippen molar-refractivity contribution in [3.63, 3.8) is 0 Å². The molecule has 158 valence electrons. The number of carbonyl (C=O) groups is 2. The molecule has 1 heterocycles. The molecule has 2 aromatic rings. The van der Waals surface area contributed by atoms with Crippen LogP contribution in [0.15, 0.2) is 54.6 Å². The van der Waals surface area contributed by atoms with Gasteiger partial charge in [-0.3, -0.25) is 19.7 Å². The first kappa shape index (κ1) is 19.5. The molecule has 1 saturated heterocycles. The molecule has 2 aliphatic carbocycles. The summed E-state index contributed by atoms with van der Waals surface area (Å²) in [6, 6.07) is 11.7. The SMILES string of the molecule is O=C1C2C3C=C(c4ccccc4)C(C3)C2C(=O)N1c1ccc([N+](=O)[O-])c(C(F)(F)F)c1. The third-order valence-corrected chi connectivity index (χ3v) is 6.46. The molecule has 6 nitrogen and oxygen atoms in total. The van der Waals surface area contributed by atoms with E-state index in [4.69, 9.17) is 0 Å². The number of benzene rings is 2. The Morgan fingerprint density at radius 2 is 1.68 bits per heavy atom. The fourth-order valence-electron chi connectivity index (χ4n) is 5.26. The molecule has 3 aliphatic rings. The van der Waals surface area contributed by atoms with Gasteiger partial charge in [-0.05, 0) is 41.5 Å². The molecular weight excluding hydrogens is 413 g/mol. The summed E-state index contributed by atoms with van der Waals surface area (Å²) in [7, 11) is 0. The molecule has 4 unspecified atom stereocenters. The number of hydrogen-bond donors (Lipinski definition) is 0. The van der Waals surface area contributed by atoms with Crippen molar-refractivity contribution in [2.45, 2.75) is 12.6 Å². The van der Waals surface area contributed by atoms with Gasteiger partial charge < -0.3 is 0 Å². The first-order chi connectivity index (χ1) is 14.7. The zero-order chi connectivity index (χ0) is 22.1. The number of rotatable bonds is 3. The lowest BCUT2D eigenvalue weighted by atomic mass is 9.79. The highest BCUT2D eigenvalue weighted by Gasteiger charge is 2.61. The number of imide groups is 1. The van der Waals surface area contributed by atoms with Crippen LogP contribution in [0, 0.1) is 33.8 Å². The maximum atomic E-state index is 13.4. The van der Waals surface area contributed by atoms with E-state index in [0.29, 0.717) is 18.6 Å². The van der Waals surface area contributed by atoms with Crippen molar-refractivity contribution < 1.29 is 27.7 Å². The molecule has 0 aromatic heterocycles. The number of alkyl halides is 3. The lowest BCUT2D eigenvalue weighted by molar-refractivity contribution is -0.388. The quantitative estimate of drug-likeness (QED) is 0.411. The topological polar surface area (TPSA) is 80.5 Å². The molecule has 0 N–H and O–H groups in total. The Hall–Kier alpha value is -3.49. The summed E-state index contributed by atoms with van der Waals surface area (Å²) in [4.78, 5) is 36.9. The number of hydrogen-bond acceptors (Lipinski definition) is 4. The molecule has 0 radical (unpaired) electrons. The molecule has 1 aliphatic heterocycles. The van der Waals surface area contributed by atoms with Crippen LogP contribution >= 0.6 is 0 Å². The van der Waals surface area contributed by atoms with Crippen molar-refractivity contribution in [2.75, 3.05) is 4.90 Å². The van der Waals surface area contributed by atoms with Gasteiger partial charge in [0.1, 0.15) is 5.56 Å². The number of fused-ring (bicyclic) bond motifs is 5. The van der Waals surface area contributed by atoms with Crippen LogP contribution < -0.4 is 4.90 Å². The Morgan fingerprint density at radius 3 is 2.32 bits per heavy atom. The smallest absolute Gasteiger partial charge is 0.274 e. The van der Waals surface area contributed by atoms with E-state index in [9.17, 15) is 32.9 Å². The van der Waals surface area contributed by atoms with E-state index in [1.165, 1.54) is 0 Å². The van der Waals surface area contributed by atoms with Crippen molar-refractivity contribution in [1.29, 1.82) is 0 Å². The van der Waals surface area contributed by atoms with Gasteiger partial charge in [-0.15, -0.1) is 0 Å². The Kier molecular flexibility index (Phi) is 4.08. The molecule has 31 heavy (non-hydrogen) atoms. The summed E-state index contributed by atoms with van der Waals surface area (Å²) in [6.45, 7) is 0. The standard InChI is InChI=1S/C22H15F3N2O4/c23-22(24,25)16-10-13(6-7-17(16)27(30)31)26-20(28)18-12-8-14(11-4-2-1-3-5-11)15(9-12)19(18)21(26)29/h1-8,10,12,15,18-19H,9H2. The number of carbonyl (C=O) groups excluding carboxylic acids is 2. The highest BCUT2D eigenvalue weighted by atomic mass is 19.4. The third-order valence-electron chi connectivity index (χ3n) is 6.46. The van der Waals surface area contributed by atoms with Crippen molar-refractivity contribution in [1.82, 2.24) is 0 Å². The minimum atomic E-state index is -5.00. The Morgan fingerprint density at radius 1 is 1.00 bits per heavy atom. The Labute approximate surface area is 174 Å². The second-order valence-electron chi connectivity index (χ2n) is 8.01. The maximum absolute atomic E-state index is 13.4. The average molecular weight is 428 g/mol. The third kappa shape index (κ3) is 2.79. The van der Waals surface area contributed by atoms with Crippen LogP contribution in [-0.2, 0) is 15.8 Å². The normalized spacial score (nSPS) is 26.9. The first-order valence-electron chi connectivity index (χ1n) is 9.69. The van der Waals surface area contributed by atoms with Gasteiger partial charge >= 0.3 is 6.18 Å². The highest BCUT2D eigenvalue weighted by Crippen LogP contribution is 2.58.